The van der Waals surface area contributed by atoms with Crippen LogP contribution in [0.3, 0.4) is 0 Å². The molecule has 0 atom stereocenters. The summed E-state index contributed by atoms with van der Waals surface area (Å²) in [4.78, 5) is 8.23. The first-order valence-corrected chi connectivity index (χ1v) is 8.28. The van der Waals surface area contributed by atoms with E-state index in [1.54, 1.807) is 6.33 Å². The maximum absolute atomic E-state index is 5.81. The van der Waals surface area contributed by atoms with Crippen LogP contribution in [0, 0.1) is 5.92 Å². The summed E-state index contributed by atoms with van der Waals surface area (Å²) in [6.07, 6.45) is 14.2. The number of nitrogens with two attached hydrogens (primary N) is 1. The maximum atomic E-state index is 5.81. The van der Waals surface area contributed by atoms with Crippen LogP contribution in [-0.2, 0) is 0 Å². The molecule has 1 aliphatic carbocycles. The second kappa shape index (κ2) is 6.08. The lowest BCUT2D eigenvalue weighted by Crippen LogP contribution is -2.20. The van der Waals surface area contributed by atoms with Gasteiger partial charge in [0.1, 0.15) is 6.33 Å². The molecule has 0 bridgehead atoms. The summed E-state index contributed by atoms with van der Waals surface area (Å²) in [5, 5.41) is 4.53. The van der Waals surface area contributed by atoms with E-state index in [9.17, 15) is 0 Å². The topological polar surface area (TPSA) is 69.1 Å². The van der Waals surface area contributed by atoms with Crippen LogP contribution in [0.1, 0.15) is 37.2 Å². The minimum absolute atomic E-state index is 0.595. The zero-order valence-corrected chi connectivity index (χ0v) is 13.1. The molecule has 0 aliphatic heterocycles. The molecule has 0 saturated heterocycles. The molecule has 1 saturated carbocycles. The Hall–Kier alpha value is -2.27. The number of fused-ring (bicyclic) bond motifs is 1. The first kappa shape index (κ1) is 14.3. The van der Waals surface area contributed by atoms with E-state index in [2.05, 4.69) is 27.2 Å². The van der Waals surface area contributed by atoms with Gasteiger partial charge >= 0.3 is 0 Å². The van der Waals surface area contributed by atoms with Crippen LogP contribution < -0.4 is 5.73 Å². The van der Waals surface area contributed by atoms with Crippen molar-refractivity contribution in [2.24, 2.45) is 11.7 Å². The second-order valence-corrected chi connectivity index (χ2v) is 6.43. The molecule has 4 rings (SSSR count). The van der Waals surface area contributed by atoms with E-state index in [4.69, 9.17) is 5.73 Å². The Morgan fingerprint density at radius 1 is 1.04 bits per heavy atom. The van der Waals surface area contributed by atoms with Crippen molar-refractivity contribution in [3.05, 3.63) is 48.8 Å². The van der Waals surface area contributed by atoms with Gasteiger partial charge in [0, 0.05) is 29.7 Å². The minimum Gasteiger partial charge on any atom is -0.330 e. The summed E-state index contributed by atoms with van der Waals surface area (Å²) in [6, 6.07) is 4.27. The molecule has 1 fully saturated rings. The Morgan fingerprint density at radius 3 is 2.57 bits per heavy atom. The highest BCUT2D eigenvalue weighted by atomic mass is 15.2. The summed E-state index contributed by atoms with van der Waals surface area (Å²) < 4.78 is 1.97. The Morgan fingerprint density at radius 2 is 1.83 bits per heavy atom. The van der Waals surface area contributed by atoms with Gasteiger partial charge in [-0.25, -0.2) is 14.5 Å². The normalized spacial score (nSPS) is 21.6. The Kier molecular flexibility index (Phi) is 3.79. The van der Waals surface area contributed by atoms with E-state index in [1.807, 2.05) is 29.3 Å². The van der Waals surface area contributed by atoms with Gasteiger partial charge in [-0.15, -0.1) is 0 Å². The molecule has 0 unspecified atom stereocenters. The van der Waals surface area contributed by atoms with Crippen molar-refractivity contribution in [2.75, 3.05) is 6.54 Å². The first-order valence-electron chi connectivity index (χ1n) is 8.28. The Bertz CT molecular complexity index is 788. The van der Waals surface area contributed by atoms with Crippen molar-refractivity contribution in [3.63, 3.8) is 0 Å². The second-order valence-electron chi connectivity index (χ2n) is 6.43. The molecule has 3 aromatic heterocycles. The van der Waals surface area contributed by atoms with Gasteiger partial charge in [-0.1, -0.05) is 0 Å². The van der Waals surface area contributed by atoms with Crippen molar-refractivity contribution in [1.82, 2.24) is 19.6 Å². The molecule has 5 heteroatoms. The van der Waals surface area contributed by atoms with Crippen molar-refractivity contribution in [2.45, 2.75) is 31.6 Å². The van der Waals surface area contributed by atoms with Gasteiger partial charge in [-0.3, -0.25) is 0 Å². The molecule has 0 radical (unpaired) electrons. The third-order valence-corrected chi connectivity index (χ3v) is 5.07. The molecule has 23 heavy (non-hydrogen) atoms. The predicted octanol–water partition coefficient (Wildman–Crippen LogP) is 3.02. The zero-order chi connectivity index (χ0) is 15.6. The monoisotopic (exact) mass is 307 g/mol. The lowest BCUT2D eigenvalue weighted by Gasteiger charge is -2.27. The van der Waals surface area contributed by atoms with Crippen molar-refractivity contribution < 1.29 is 0 Å². The van der Waals surface area contributed by atoms with E-state index in [1.165, 1.54) is 36.8 Å². The van der Waals surface area contributed by atoms with Crippen LogP contribution in [0.15, 0.2) is 43.2 Å². The molecule has 0 aromatic carbocycles. The van der Waals surface area contributed by atoms with Gasteiger partial charge in [0.2, 0.25) is 0 Å². The summed E-state index contributed by atoms with van der Waals surface area (Å²) in [5.74, 6) is 1.29. The predicted molar refractivity (Wildman–Crippen MR) is 90.0 cm³/mol. The summed E-state index contributed by atoms with van der Waals surface area (Å²) >= 11 is 0. The number of aromatic nitrogens is 4. The molecule has 3 heterocycles. The SMILES string of the molecule is NCC1CCC(c2cnn3ccc(-c4cncnc4)cc23)CC1. The number of nitrogens with zero attached hydrogens (tertiary/aromatic N) is 4. The van der Waals surface area contributed by atoms with E-state index in [-0.39, 0.29) is 0 Å². The highest BCUT2D eigenvalue weighted by Crippen LogP contribution is 2.37. The standard InChI is InChI=1S/C18H21N5/c19-8-13-1-3-14(4-2-13)17-11-22-23-6-5-15(7-18(17)23)16-9-20-12-21-10-16/h5-7,9-14H,1-4,8,19H2. The molecule has 2 N–H and O–H groups in total. The Labute approximate surface area is 135 Å². The fraction of sp³-hybridized carbons (Fsp3) is 0.389. The molecular formula is C18H21N5. The average Bonchev–Trinajstić information content (AvgIpc) is 3.05. The van der Waals surface area contributed by atoms with Crippen LogP contribution in [-0.4, -0.2) is 26.1 Å². The van der Waals surface area contributed by atoms with Crippen LogP contribution in [0.5, 0.6) is 0 Å². The molecule has 0 spiro atoms. The lowest BCUT2D eigenvalue weighted by molar-refractivity contribution is 0.333. The largest absolute Gasteiger partial charge is 0.330 e. The Balaban J connectivity index is 1.68. The third-order valence-electron chi connectivity index (χ3n) is 5.07. The average molecular weight is 307 g/mol. The molecule has 118 valence electrons. The van der Waals surface area contributed by atoms with Crippen LogP contribution in [0.25, 0.3) is 16.6 Å². The fourth-order valence-corrected chi connectivity index (χ4v) is 3.65. The fourth-order valence-electron chi connectivity index (χ4n) is 3.65. The third kappa shape index (κ3) is 2.72. The summed E-state index contributed by atoms with van der Waals surface area (Å²) in [6.45, 7) is 0.819. The van der Waals surface area contributed by atoms with E-state index in [0.29, 0.717) is 11.8 Å². The molecule has 3 aromatic rings. The van der Waals surface area contributed by atoms with Crippen LogP contribution in [0.4, 0.5) is 0 Å². The first-order chi connectivity index (χ1) is 11.3. The smallest absolute Gasteiger partial charge is 0.115 e. The number of rotatable bonds is 3. The highest BCUT2D eigenvalue weighted by molar-refractivity contribution is 5.69. The lowest BCUT2D eigenvalue weighted by atomic mass is 9.79. The minimum atomic E-state index is 0.595. The number of hydrogen-bond donors (Lipinski definition) is 1. The molecule has 0 amide bonds. The number of pyridine rings is 1. The maximum Gasteiger partial charge on any atom is 0.115 e. The molecule has 1 aliphatic rings. The van der Waals surface area contributed by atoms with Gasteiger partial charge in [0.25, 0.3) is 0 Å². The summed E-state index contributed by atoms with van der Waals surface area (Å²) in [5.41, 5.74) is 10.5. The van der Waals surface area contributed by atoms with Gasteiger partial charge in [-0.05, 0) is 61.8 Å². The molecule has 5 nitrogen and oxygen atoms in total. The van der Waals surface area contributed by atoms with Crippen molar-refractivity contribution >= 4 is 5.52 Å². The summed E-state index contributed by atoms with van der Waals surface area (Å²) in [7, 11) is 0. The van der Waals surface area contributed by atoms with E-state index in [0.717, 1.165) is 17.7 Å². The van der Waals surface area contributed by atoms with E-state index < -0.39 is 0 Å². The zero-order valence-electron chi connectivity index (χ0n) is 13.1. The van der Waals surface area contributed by atoms with Gasteiger partial charge in [-0.2, -0.15) is 5.10 Å². The quantitative estimate of drug-likeness (QED) is 0.807. The number of hydrogen-bond acceptors (Lipinski definition) is 4. The van der Waals surface area contributed by atoms with Crippen LogP contribution in [0.2, 0.25) is 0 Å². The van der Waals surface area contributed by atoms with Gasteiger partial charge in [0.05, 0.1) is 11.7 Å². The molecular weight excluding hydrogens is 286 g/mol. The van der Waals surface area contributed by atoms with Crippen molar-refractivity contribution in [3.8, 4) is 11.1 Å². The van der Waals surface area contributed by atoms with Crippen molar-refractivity contribution in [1.29, 1.82) is 0 Å². The van der Waals surface area contributed by atoms with Crippen LogP contribution >= 0.6 is 0 Å². The van der Waals surface area contributed by atoms with Gasteiger partial charge < -0.3 is 5.73 Å². The van der Waals surface area contributed by atoms with E-state index >= 15 is 0 Å². The van der Waals surface area contributed by atoms with Gasteiger partial charge in [0.15, 0.2) is 0 Å². The highest BCUT2D eigenvalue weighted by Gasteiger charge is 2.24.